The highest BCUT2D eigenvalue weighted by molar-refractivity contribution is 5.74. The second-order valence-electron chi connectivity index (χ2n) is 5.39. The number of nitrogens with one attached hydrogen (secondary N) is 2. The van der Waals surface area contributed by atoms with Crippen molar-refractivity contribution in [3.8, 4) is 0 Å². The molecule has 1 atom stereocenters. The highest BCUT2D eigenvalue weighted by Crippen LogP contribution is 2.13. The highest BCUT2D eigenvalue weighted by Gasteiger charge is 2.11. The van der Waals surface area contributed by atoms with Gasteiger partial charge in [-0.15, -0.1) is 0 Å². The van der Waals surface area contributed by atoms with Crippen LogP contribution in [0, 0.1) is 0 Å². The number of aromatic nitrogens is 1. The predicted molar refractivity (Wildman–Crippen MR) is 85.8 cm³/mol. The molecule has 0 aliphatic carbocycles. The fraction of sp³-hybridized carbons (Fsp3) is 0.375. The van der Waals surface area contributed by atoms with Gasteiger partial charge in [0, 0.05) is 44.9 Å². The third-order valence-corrected chi connectivity index (χ3v) is 3.20. The summed E-state index contributed by atoms with van der Waals surface area (Å²) in [5.74, 6) is 1.71. The summed E-state index contributed by atoms with van der Waals surface area (Å²) in [6.07, 6.45) is 4.04. The van der Waals surface area contributed by atoms with Gasteiger partial charge >= 0.3 is 6.03 Å². The molecule has 22 heavy (non-hydrogen) atoms. The topological polar surface area (TPSA) is 70.4 Å². The minimum atomic E-state index is -0.201. The molecule has 2 rings (SSSR count). The van der Waals surface area contributed by atoms with E-state index in [2.05, 4.69) is 15.6 Å². The summed E-state index contributed by atoms with van der Waals surface area (Å²) < 4.78 is 5.27. The third kappa shape index (κ3) is 4.51. The van der Waals surface area contributed by atoms with Crippen molar-refractivity contribution in [2.45, 2.75) is 25.9 Å². The SMILES string of the molecule is CC(Cc1ccco1)NC(=O)NCc1cccnc1N(C)C. The zero-order valence-electron chi connectivity index (χ0n) is 13.2. The molecular formula is C16H22N4O2. The molecule has 0 bridgehead atoms. The molecule has 2 aromatic heterocycles. The van der Waals surface area contributed by atoms with Crippen LogP contribution in [-0.4, -0.2) is 31.2 Å². The van der Waals surface area contributed by atoms with Crippen LogP contribution in [-0.2, 0) is 13.0 Å². The molecule has 118 valence electrons. The summed E-state index contributed by atoms with van der Waals surface area (Å²) in [5.41, 5.74) is 0.973. The molecule has 0 saturated heterocycles. The first kappa shape index (κ1) is 15.9. The summed E-state index contributed by atoms with van der Waals surface area (Å²) in [6, 6.07) is 7.35. The van der Waals surface area contributed by atoms with Crippen LogP contribution in [0.4, 0.5) is 10.6 Å². The molecule has 0 aromatic carbocycles. The summed E-state index contributed by atoms with van der Waals surface area (Å²) >= 11 is 0. The van der Waals surface area contributed by atoms with Gasteiger partial charge in [0.1, 0.15) is 11.6 Å². The minimum Gasteiger partial charge on any atom is -0.469 e. The van der Waals surface area contributed by atoms with Gasteiger partial charge in [-0.1, -0.05) is 6.07 Å². The molecule has 2 N–H and O–H groups in total. The first-order chi connectivity index (χ1) is 10.6. The van der Waals surface area contributed by atoms with Crippen LogP contribution in [0.15, 0.2) is 41.1 Å². The normalized spacial score (nSPS) is 11.8. The average Bonchev–Trinajstić information content (AvgIpc) is 2.98. The Kier molecular flexibility index (Phi) is 5.41. The number of anilines is 1. The van der Waals surface area contributed by atoms with E-state index >= 15 is 0 Å². The highest BCUT2D eigenvalue weighted by atomic mass is 16.3. The number of amides is 2. The van der Waals surface area contributed by atoms with Crippen LogP contribution in [0.2, 0.25) is 0 Å². The summed E-state index contributed by atoms with van der Waals surface area (Å²) in [7, 11) is 3.86. The largest absolute Gasteiger partial charge is 0.469 e. The van der Waals surface area contributed by atoms with Crippen LogP contribution in [0.1, 0.15) is 18.2 Å². The lowest BCUT2D eigenvalue weighted by Gasteiger charge is -2.17. The Morgan fingerprint density at radius 1 is 1.36 bits per heavy atom. The molecule has 6 heteroatoms. The monoisotopic (exact) mass is 302 g/mol. The van der Waals surface area contributed by atoms with Gasteiger partial charge in [-0.05, 0) is 25.1 Å². The molecule has 0 saturated carbocycles. The van der Waals surface area contributed by atoms with Gasteiger partial charge in [-0.3, -0.25) is 0 Å². The minimum absolute atomic E-state index is 0.00614. The van der Waals surface area contributed by atoms with Crippen molar-refractivity contribution in [3.05, 3.63) is 48.0 Å². The number of furan rings is 1. The van der Waals surface area contributed by atoms with Gasteiger partial charge in [0.25, 0.3) is 0 Å². The first-order valence-electron chi connectivity index (χ1n) is 7.24. The maximum absolute atomic E-state index is 11.9. The summed E-state index contributed by atoms with van der Waals surface area (Å²) in [6.45, 7) is 2.37. The van der Waals surface area contributed by atoms with Crippen LogP contribution in [0.3, 0.4) is 0 Å². The van der Waals surface area contributed by atoms with E-state index in [0.29, 0.717) is 13.0 Å². The molecule has 2 heterocycles. The number of rotatable bonds is 6. The van der Waals surface area contributed by atoms with Crippen LogP contribution in [0.25, 0.3) is 0 Å². The second kappa shape index (κ2) is 7.49. The van der Waals surface area contributed by atoms with Crippen molar-refractivity contribution in [2.75, 3.05) is 19.0 Å². The van der Waals surface area contributed by atoms with E-state index in [-0.39, 0.29) is 12.1 Å². The lowest BCUT2D eigenvalue weighted by molar-refractivity contribution is 0.237. The molecule has 0 radical (unpaired) electrons. The van der Waals surface area contributed by atoms with Crippen molar-refractivity contribution in [3.63, 3.8) is 0 Å². The Morgan fingerprint density at radius 2 is 2.18 bits per heavy atom. The number of hydrogen-bond donors (Lipinski definition) is 2. The fourth-order valence-corrected chi connectivity index (χ4v) is 2.20. The van der Waals surface area contributed by atoms with Crippen molar-refractivity contribution >= 4 is 11.8 Å². The smallest absolute Gasteiger partial charge is 0.315 e. The molecule has 0 fully saturated rings. The van der Waals surface area contributed by atoms with Crippen molar-refractivity contribution in [2.24, 2.45) is 0 Å². The molecule has 2 amide bonds. The van der Waals surface area contributed by atoms with Crippen molar-refractivity contribution in [1.82, 2.24) is 15.6 Å². The maximum atomic E-state index is 11.9. The van der Waals surface area contributed by atoms with Crippen molar-refractivity contribution < 1.29 is 9.21 Å². The number of hydrogen-bond acceptors (Lipinski definition) is 4. The Bertz CT molecular complexity index is 596. The summed E-state index contributed by atoms with van der Waals surface area (Å²) in [5, 5.41) is 5.75. The molecule has 1 unspecified atom stereocenters. The lowest BCUT2D eigenvalue weighted by Crippen LogP contribution is -2.41. The van der Waals surface area contributed by atoms with E-state index < -0.39 is 0 Å². The van der Waals surface area contributed by atoms with Gasteiger partial charge in [0.2, 0.25) is 0 Å². The van der Waals surface area contributed by atoms with Gasteiger partial charge in [0.15, 0.2) is 0 Å². The van der Waals surface area contributed by atoms with E-state index in [0.717, 1.165) is 17.1 Å². The number of carbonyl (C=O) groups is 1. The quantitative estimate of drug-likeness (QED) is 0.858. The summed E-state index contributed by atoms with van der Waals surface area (Å²) in [4.78, 5) is 18.2. The van der Waals surface area contributed by atoms with Crippen molar-refractivity contribution in [1.29, 1.82) is 0 Å². The Morgan fingerprint density at radius 3 is 2.86 bits per heavy atom. The lowest BCUT2D eigenvalue weighted by atomic mass is 10.2. The van der Waals surface area contributed by atoms with Gasteiger partial charge in [-0.25, -0.2) is 9.78 Å². The van der Waals surface area contributed by atoms with E-state index in [1.165, 1.54) is 0 Å². The van der Waals surface area contributed by atoms with E-state index in [9.17, 15) is 4.79 Å². The van der Waals surface area contributed by atoms with Crippen LogP contribution in [0.5, 0.6) is 0 Å². The zero-order valence-corrected chi connectivity index (χ0v) is 13.2. The molecule has 0 spiro atoms. The predicted octanol–water partition coefficient (Wildman–Crippen LogP) is 2.17. The van der Waals surface area contributed by atoms with E-state index in [1.54, 1.807) is 12.5 Å². The van der Waals surface area contributed by atoms with Gasteiger partial charge < -0.3 is 20.0 Å². The fourth-order valence-electron chi connectivity index (χ4n) is 2.20. The maximum Gasteiger partial charge on any atom is 0.315 e. The van der Waals surface area contributed by atoms with Crippen LogP contribution < -0.4 is 15.5 Å². The number of carbonyl (C=O) groups excluding carboxylic acids is 1. The molecular weight excluding hydrogens is 280 g/mol. The Hall–Kier alpha value is -2.50. The standard InChI is InChI=1S/C16H22N4O2/c1-12(10-14-7-5-9-22-14)19-16(21)18-11-13-6-4-8-17-15(13)20(2)3/h4-9,12H,10-11H2,1-3H3,(H2,18,19,21). The first-order valence-corrected chi connectivity index (χ1v) is 7.24. The number of nitrogens with zero attached hydrogens (tertiary/aromatic N) is 2. The Balaban J connectivity index is 1.83. The average molecular weight is 302 g/mol. The molecule has 6 nitrogen and oxygen atoms in total. The van der Waals surface area contributed by atoms with Crippen LogP contribution >= 0.6 is 0 Å². The number of pyridine rings is 1. The molecule has 0 aliphatic rings. The third-order valence-electron chi connectivity index (χ3n) is 3.20. The van der Waals surface area contributed by atoms with E-state index in [4.69, 9.17) is 4.42 Å². The van der Waals surface area contributed by atoms with E-state index in [1.807, 2.05) is 50.2 Å². The Labute approximate surface area is 130 Å². The number of urea groups is 1. The second-order valence-corrected chi connectivity index (χ2v) is 5.39. The molecule has 2 aromatic rings. The zero-order chi connectivity index (χ0) is 15.9. The van der Waals surface area contributed by atoms with Gasteiger partial charge in [-0.2, -0.15) is 0 Å². The van der Waals surface area contributed by atoms with Gasteiger partial charge in [0.05, 0.1) is 6.26 Å². The molecule has 0 aliphatic heterocycles.